The van der Waals surface area contributed by atoms with Crippen molar-refractivity contribution in [2.75, 3.05) is 6.54 Å². The Morgan fingerprint density at radius 1 is 1.78 bits per heavy atom. The Balaban J connectivity index is 2.31. The molecule has 0 amide bonds. The monoisotopic (exact) mass is 129 g/mol. The van der Waals surface area contributed by atoms with Crippen LogP contribution in [0, 0.1) is 16.7 Å². The highest BCUT2D eigenvalue weighted by Gasteiger charge is 2.21. The third kappa shape index (κ3) is 1.64. The zero-order valence-corrected chi connectivity index (χ0v) is 5.04. The molecule has 1 atom stereocenters. The van der Waals surface area contributed by atoms with Gasteiger partial charge in [0.25, 0.3) is 0 Å². The van der Waals surface area contributed by atoms with Crippen molar-refractivity contribution < 1.29 is 4.92 Å². The summed E-state index contributed by atoms with van der Waals surface area (Å²) in [7, 11) is 0. The van der Waals surface area contributed by atoms with Gasteiger partial charge in [0.1, 0.15) is 0 Å². The van der Waals surface area contributed by atoms with Crippen LogP contribution in [0.4, 0.5) is 0 Å². The van der Waals surface area contributed by atoms with Crippen LogP contribution in [0.2, 0.25) is 0 Å². The van der Waals surface area contributed by atoms with Crippen molar-refractivity contribution in [3.05, 3.63) is 16.7 Å². The van der Waals surface area contributed by atoms with Crippen molar-refractivity contribution in [3.63, 3.8) is 0 Å². The SMILES string of the molecule is O=[N+]([O-])C1C[CH]NCC1. The van der Waals surface area contributed by atoms with Crippen LogP contribution in [-0.4, -0.2) is 17.5 Å². The van der Waals surface area contributed by atoms with Crippen molar-refractivity contribution in [2.24, 2.45) is 0 Å². The van der Waals surface area contributed by atoms with Gasteiger partial charge in [-0.1, -0.05) is 0 Å². The van der Waals surface area contributed by atoms with Crippen molar-refractivity contribution in [2.45, 2.75) is 18.9 Å². The molecular weight excluding hydrogens is 120 g/mol. The summed E-state index contributed by atoms with van der Waals surface area (Å²) in [5.74, 6) is 0. The molecule has 0 bridgehead atoms. The summed E-state index contributed by atoms with van der Waals surface area (Å²) in [4.78, 5) is 9.90. The van der Waals surface area contributed by atoms with E-state index in [9.17, 15) is 10.1 Å². The molecule has 1 unspecified atom stereocenters. The second-order valence-electron chi connectivity index (χ2n) is 2.12. The maximum Gasteiger partial charge on any atom is 0.215 e. The molecule has 4 heteroatoms. The van der Waals surface area contributed by atoms with Crippen LogP contribution in [0.15, 0.2) is 0 Å². The van der Waals surface area contributed by atoms with Crippen molar-refractivity contribution in [3.8, 4) is 0 Å². The molecule has 51 valence electrons. The van der Waals surface area contributed by atoms with E-state index >= 15 is 0 Å². The number of nitrogens with zero attached hydrogens (tertiary/aromatic N) is 1. The average molecular weight is 129 g/mol. The van der Waals surface area contributed by atoms with Gasteiger partial charge in [0.05, 0.1) is 0 Å². The number of nitrogens with one attached hydrogen (secondary N) is 1. The highest BCUT2D eigenvalue weighted by atomic mass is 16.6. The van der Waals surface area contributed by atoms with Gasteiger partial charge in [-0.25, -0.2) is 0 Å². The van der Waals surface area contributed by atoms with E-state index in [0.717, 1.165) is 6.54 Å². The van der Waals surface area contributed by atoms with Crippen LogP contribution in [-0.2, 0) is 0 Å². The molecule has 0 spiro atoms. The molecule has 1 N–H and O–H groups in total. The van der Waals surface area contributed by atoms with Gasteiger partial charge < -0.3 is 5.32 Å². The Kier molecular flexibility index (Phi) is 2.00. The van der Waals surface area contributed by atoms with Gasteiger partial charge in [-0.2, -0.15) is 0 Å². The van der Waals surface area contributed by atoms with E-state index in [1.54, 1.807) is 6.54 Å². The molecule has 0 aliphatic carbocycles. The third-order valence-electron chi connectivity index (χ3n) is 1.45. The third-order valence-corrected chi connectivity index (χ3v) is 1.45. The standard InChI is InChI=1S/C5H9N2O2/c8-7(9)5-1-3-6-4-2-5/h3,5-6H,1-2,4H2. The van der Waals surface area contributed by atoms with Crippen LogP contribution in [0.5, 0.6) is 0 Å². The van der Waals surface area contributed by atoms with Crippen LogP contribution in [0.25, 0.3) is 0 Å². The lowest BCUT2D eigenvalue weighted by Gasteiger charge is -2.14. The Bertz CT molecular complexity index is 110. The fourth-order valence-corrected chi connectivity index (χ4v) is 0.881. The van der Waals surface area contributed by atoms with E-state index < -0.39 is 0 Å². The number of rotatable bonds is 1. The zero-order chi connectivity index (χ0) is 6.69. The first-order chi connectivity index (χ1) is 4.30. The molecule has 4 nitrogen and oxygen atoms in total. The van der Waals surface area contributed by atoms with E-state index in [-0.39, 0.29) is 11.0 Å². The van der Waals surface area contributed by atoms with E-state index in [4.69, 9.17) is 0 Å². The Morgan fingerprint density at radius 2 is 2.56 bits per heavy atom. The number of piperidine rings is 1. The lowest BCUT2D eigenvalue weighted by Crippen LogP contribution is -2.32. The fraction of sp³-hybridized carbons (Fsp3) is 0.800. The normalized spacial score (nSPS) is 21.8. The molecule has 0 saturated carbocycles. The average Bonchev–Trinajstić information content (AvgIpc) is 1.90. The van der Waals surface area contributed by atoms with Crippen LogP contribution < -0.4 is 5.32 Å². The first-order valence-electron chi connectivity index (χ1n) is 2.99. The molecule has 1 rings (SSSR count). The predicted octanol–water partition coefficient (Wildman–Crippen LogP) is 0.177. The minimum Gasteiger partial charge on any atom is -0.312 e. The molecule has 0 aromatic heterocycles. The van der Waals surface area contributed by atoms with E-state index in [1.165, 1.54) is 0 Å². The molecule has 1 radical (unpaired) electrons. The second kappa shape index (κ2) is 2.77. The molecule has 1 fully saturated rings. The van der Waals surface area contributed by atoms with Gasteiger partial charge in [0.15, 0.2) is 0 Å². The summed E-state index contributed by atoms with van der Waals surface area (Å²) in [6.07, 6.45) is 1.22. The fourth-order valence-electron chi connectivity index (χ4n) is 0.881. The minimum atomic E-state index is -0.341. The van der Waals surface area contributed by atoms with Crippen molar-refractivity contribution >= 4 is 0 Å². The Hall–Kier alpha value is -0.640. The first-order valence-corrected chi connectivity index (χ1v) is 2.99. The lowest BCUT2D eigenvalue weighted by molar-refractivity contribution is -0.524. The maximum atomic E-state index is 10.1. The van der Waals surface area contributed by atoms with Crippen LogP contribution >= 0.6 is 0 Å². The zero-order valence-electron chi connectivity index (χ0n) is 5.04. The first kappa shape index (κ1) is 6.48. The van der Waals surface area contributed by atoms with Gasteiger partial charge in [0, 0.05) is 30.9 Å². The summed E-state index contributed by atoms with van der Waals surface area (Å²) >= 11 is 0. The molecular formula is C5H9N2O2. The van der Waals surface area contributed by atoms with Gasteiger partial charge in [-0.15, -0.1) is 0 Å². The smallest absolute Gasteiger partial charge is 0.215 e. The number of nitro groups is 1. The number of hydrogen-bond donors (Lipinski definition) is 1. The van der Waals surface area contributed by atoms with E-state index in [0.29, 0.717) is 12.8 Å². The van der Waals surface area contributed by atoms with Gasteiger partial charge in [-0.3, -0.25) is 10.1 Å². The summed E-state index contributed by atoms with van der Waals surface area (Å²) in [5, 5.41) is 13.1. The minimum absolute atomic E-state index is 0.211. The van der Waals surface area contributed by atoms with Crippen molar-refractivity contribution in [1.29, 1.82) is 0 Å². The maximum absolute atomic E-state index is 10.1. The van der Waals surface area contributed by atoms with Crippen LogP contribution in [0.1, 0.15) is 12.8 Å². The van der Waals surface area contributed by atoms with Gasteiger partial charge >= 0.3 is 0 Å². The highest BCUT2D eigenvalue weighted by molar-refractivity contribution is 4.75. The lowest BCUT2D eigenvalue weighted by atomic mass is 10.1. The Labute approximate surface area is 53.4 Å². The van der Waals surface area contributed by atoms with Crippen LogP contribution in [0.3, 0.4) is 0 Å². The summed E-state index contributed by atoms with van der Waals surface area (Å²) in [6, 6.07) is -0.341. The molecule has 1 aliphatic heterocycles. The summed E-state index contributed by atoms with van der Waals surface area (Å²) in [5.41, 5.74) is 0. The molecule has 0 aromatic rings. The van der Waals surface area contributed by atoms with Crippen molar-refractivity contribution in [1.82, 2.24) is 5.32 Å². The topological polar surface area (TPSA) is 55.2 Å². The second-order valence-corrected chi connectivity index (χ2v) is 2.12. The number of hydrogen-bond acceptors (Lipinski definition) is 3. The predicted molar refractivity (Wildman–Crippen MR) is 32.3 cm³/mol. The molecule has 1 heterocycles. The molecule has 1 aliphatic rings. The molecule has 1 saturated heterocycles. The molecule has 0 aromatic carbocycles. The van der Waals surface area contributed by atoms with E-state index in [1.807, 2.05) is 0 Å². The largest absolute Gasteiger partial charge is 0.312 e. The molecule has 9 heavy (non-hydrogen) atoms. The quantitative estimate of drug-likeness (QED) is 0.405. The van der Waals surface area contributed by atoms with Gasteiger partial charge in [-0.05, 0) is 0 Å². The highest BCUT2D eigenvalue weighted by Crippen LogP contribution is 2.07. The summed E-state index contributed by atoms with van der Waals surface area (Å²) in [6.45, 7) is 2.50. The van der Waals surface area contributed by atoms with Gasteiger partial charge in [0.2, 0.25) is 6.04 Å². The van der Waals surface area contributed by atoms with E-state index in [2.05, 4.69) is 5.32 Å². The Morgan fingerprint density at radius 3 is 2.89 bits per heavy atom. The summed E-state index contributed by atoms with van der Waals surface area (Å²) < 4.78 is 0.